The number of nitrogens with zero attached hydrogens (tertiary/aromatic N) is 3. The molecule has 0 amide bonds. The van der Waals surface area contributed by atoms with E-state index in [0.29, 0.717) is 12.5 Å². The third-order valence-electron chi connectivity index (χ3n) is 6.54. The fourth-order valence-corrected chi connectivity index (χ4v) is 5.32. The Morgan fingerprint density at radius 2 is 2.06 bits per heavy atom. The quantitative estimate of drug-likeness (QED) is 0.558. The lowest BCUT2D eigenvalue weighted by molar-refractivity contribution is 0.177. The predicted molar refractivity (Wildman–Crippen MR) is 126 cm³/mol. The first kappa shape index (κ1) is 20.4. The van der Waals surface area contributed by atoms with Crippen molar-refractivity contribution >= 4 is 27.6 Å². The van der Waals surface area contributed by atoms with Gasteiger partial charge in [0, 0.05) is 47.6 Å². The van der Waals surface area contributed by atoms with Crippen molar-refractivity contribution < 1.29 is 0 Å². The number of hydrogen-bond donors (Lipinski definition) is 2. The van der Waals surface area contributed by atoms with E-state index in [1.165, 1.54) is 16.7 Å². The van der Waals surface area contributed by atoms with E-state index in [4.69, 9.17) is 10.8 Å². The zero-order valence-electron chi connectivity index (χ0n) is 17.5. The van der Waals surface area contributed by atoms with Crippen LogP contribution in [0.25, 0.3) is 11.6 Å². The van der Waals surface area contributed by atoms with E-state index in [1.54, 1.807) is 17.0 Å². The van der Waals surface area contributed by atoms with Crippen LogP contribution in [0.2, 0.25) is 0 Å². The van der Waals surface area contributed by atoms with Crippen molar-refractivity contribution in [3.8, 4) is 0 Å². The van der Waals surface area contributed by atoms with Gasteiger partial charge in [-0.15, -0.1) is 0 Å². The molecule has 1 unspecified atom stereocenters. The fourth-order valence-electron chi connectivity index (χ4n) is 4.99. The van der Waals surface area contributed by atoms with Gasteiger partial charge in [-0.05, 0) is 70.5 Å². The maximum absolute atomic E-state index is 12.2. The molecule has 1 aliphatic carbocycles. The van der Waals surface area contributed by atoms with Crippen molar-refractivity contribution in [3.63, 3.8) is 0 Å². The predicted octanol–water partition coefficient (Wildman–Crippen LogP) is 3.91. The molecule has 0 spiro atoms. The molecule has 1 fully saturated rings. The second-order valence-electron chi connectivity index (χ2n) is 8.63. The minimum absolute atomic E-state index is 0.106. The SMILES string of the molecule is Cc1ccc2c(c1)C=C(Cn1cc[nH]c1=O)c1cc(Br)cnc1C2C1CCN(N)CC1. The lowest BCUT2D eigenvalue weighted by Gasteiger charge is -2.35. The number of rotatable bonds is 3. The van der Waals surface area contributed by atoms with Crippen LogP contribution in [0.1, 0.15) is 46.7 Å². The topological polar surface area (TPSA) is 79.9 Å². The van der Waals surface area contributed by atoms with Crippen LogP contribution in [0.5, 0.6) is 0 Å². The minimum Gasteiger partial charge on any atom is -0.313 e. The molecular formula is C24H26BrN5O. The fraction of sp³-hybridized carbons (Fsp3) is 0.333. The summed E-state index contributed by atoms with van der Waals surface area (Å²) in [6.45, 7) is 4.41. The van der Waals surface area contributed by atoms with Crippen LogP contribution in [-0.4, -0.2) is 32.6 Å². The van der Waals surface area contributed by atoms with Crippen molar-refractivity contribution in [1.82, 2.24) is 19.5 Å². The Kier molecular flexibility index (Phi) is 5.42. The van der Waals surface area contributed by atoms with Gasteiger partial charge in [0.15, 0.2) is 0 Å². The van der Waals surface area contributed by atoms with Crippen molar-refractivity contribution in [2.45, 2.75) is 32.2 Å². The highest BCUT2D eigenvalue weighted by Gasteiger charge is 2.34. The smallest absolute Gasteiger partial charge is 0.313 e. The Labute approximate surface area is 189 Å². The molecule has 3 aromatic rings. The zero-order valence-corrected chi connectivity index (χ0v) is 19.1. The van der Waals surface area contributed by atoms with Gasteiger partial charge < -0.3 is 4.98 Å². The van der Waals surface area contributed by atoms with Crippen molar-refractivity contribution in [2.75, 3.05) is 13.1 Å². The van der Waals surface area contributed by atoms with Gasteiger partial charge >= 0.3 is 5.69 Å². The van der Waals surface area contributed by atoms with E-state index in [2.05, 4.69) is 58.2 Å². The highest BCUT2D eigenvalue weighted by Crippen LogP contribution is 2.44. The maximum Gasteiger partial charge on any atom is 0.325 e. The molecule has 5 rings (SSSR count). The van der Waals surface area contributed by atoms with Crippen LogP contribution in [0, 0.1) is 12.8 Å². The van der Waals surface area contributed by atoms with E-state index in [1.807, 2.05) is 11.2 Å². The van der Waals surface area contributed by atoms with Crippen molar-refractivity contribution in [2.24, 2.45) is 11.8 Å². The molecule has 1 aliphatic heterocycles. The molecule has 7 heteroatoms. The van der Waals surface area contributed by atoms with Crippen LogP contribution < -0.4 is 11.5 Å². The molecule has 1 aromatic carbocycles. The lowest BCUT2D eigenvalue weighted by atomic mass is 9.76. The summed E-state index contributed by atoms with van der Waals surface area (Å²) in [5.74, 6) is 6.73. The Hall–Kier alpha value is -2.48. The molecule has 0 bridgehead atoms. The highest BCUT2D eigenvalue weighted by atomic mass is 79.9. The Bertz CT molecular complexity index is 1200. The second-order valence-corrected chi connectivity index (χ2v) is 9.55. The zero-order chi connectivity index (χ0) is 21.5. The van der Waals surface area contributed by atoms with Crippen LogP contribution in [0.4, 0.5) is 0 Å². The molecule has 0 radical (unpaired) electrons. The van der Waals surface area contributed by atoms with Gasteiger partial charge in [0.05, 0.1) is 12.2 Å². The third-order valence-corrected chi connectivity index (χ3v) is 6.97. The molecule has 1 saturated heterocycles. The Balaban J connectivity index is 1.70. The first-order valence-corrected chi connectivity index (χ1v) is 11.5. The summed E-state index contributed by atoms with van der Waals surface area (Å²) in [5.41, 5.74) is 6.94. The summed E-state index contributed by atoms with van der Waals surface area (Å²) in [7, 11) is 0. The number of H-pyrrole nitrogens is 1. The van der Waals surface area contributed by atoms with Crippen molar-refractivity contribution in [3.05, 3.63) is 85.8 Å². The van der Waals surface area contributed by atoms with E-state index < -0.39 is 0 Å². The van der Waals surface area contributed by atoms with Gasteiger partial charge in [0.25, 0.3) is 0 Å². The van der Waals surface area contributed by atoms with E-state index in [-0.39, 0.29) is 11.6 Å². The summed E-state index contributed by atoms with van der Waals surface area (Å²) in [6, 6.07) is 8.86. The summed E-state index contributed by atoms with van der Waals surface area (Å²) >= 11 is 3.62. The average molecular weight is 480 g/mol. The number of imidazole rings is 1. The molecule has 2 aromatic heterocycles. The van der Waals surface area contributed by atoms with Gasteiger partial charge in [0.1, 0.15) is 0 Å². The normalized spacial score (nSPS) is 19.5. The van der Waals surface area contributed by atoms with Gasteiger partial charge in [0.2, 0.25) is 0 Å². The number of pyridine rings is 1. The summed E-state index contributed by atoms with van der Waals surface area (Å²) in [4.78, 5) is 19.9. The molecule has 31 heavy (non-hydrogen) atoms. The van der Waals surface area contributed by atoms with Crippen LogP contribution in [0.15, 0.2) is 52.1 Å². The van der Waals surface area contributed by atoms with Gasteiger partial charge in [-0.3, -0.25) is 15.4 Å². The van der Waals surface area contributed by atoms with E-state index in [0.717, 1.165) is 47.2 Å². The molecule has 0 saturated carbocycles. The van der Waals surface area contributed by atoms with Gasteiger partial charge in [-0.25, -0.2) is 9.80 Å². The van der Waals surface area contributed by atoms with Gasteiger partial charge in [-0.2, -0.15) is 0 Å². The summed E-state index contributed by atoms with van der Waals surface area (Å²) in [6.07, 6.45) is 9.69. The third kappa shape index (κ3) is 3.93. The number of aryl methyl sites for hydroxylation is 1. The van der Waals surface area contributed by atoms with E-state index in [9.17, 15) is 4.79 Å². The molecule has 1 atom stereocenters. The van der Waals surface area contributed by atoms with Crippen molar-refractivity contribution in [1.29, 1.82) is 0 Å². The lowest BCUT2D eigenvalue weighted by Crippen LogP contribution is -2.40. The van der Waals surface area contributed by atoms with E-state index >= 15 is 0 Å². The van der Waals surface area contributed by atoms with Gasteiger partial charge in [-0.1, -0.05) is 23.8 Å². The Morgan fingerprint density at radius 3 is 2.81 bits per heavy atom. The van der Waals surface area contributed by atoms with Crippen LogP contribution >= 0.6 is 15.9 Å². The Morgan fingerprint density at radius 1 is 1.26 bits per heavy atom. The number of halogens is 1. The standard InChI is InChI=1S/C24H26BrN5O/c1-15-2-3-20-17(10-15)11-18(14-29-9-6-27-24(29)31)21-12-19(25)13-28-23(21)22(20)16-4-7-30(26)8-5-16/h2-3,6,9-13,16,22H,4-5,7-8,14,26H2,1H3,(H,27,31). The molecule has 2 aliphatic rings. The van der Waals surface area contributed by atoms with Crippen LogP contribution in [0.3, 0.4) is 0 Å². The highest BCUT2D eigenvalue weighted by molar-refractivity contribution is 9.10. The first-order valence-electron chi connectivity index (χ1n) is 10.7. The largest absolute Gasteiger partial charge is 0.325 e. The number of allylic oxidation sites excluding steroid dienone is 1. The number of hydrogen-bond acceptors (Lipinski definition) is 4. The number of benzene rings is 1. The summed E-state index contributed by atoms with van der Waals surface area (Å²) in [5, 5.41) is 1.92. The summed E-state index contributed by atoms with van der Waals surface area (Å²) < 4.78 is 2.65. The number of nitrogens with one attached hydrogen (secondary N) is 1. The first-order chi connectivity index (χ1) is 15.0. The number of nitrogens with two attached hydrogens (primary N) is 1. The number of aromatic amines is 1. The minimum atomic E-state index is -0.106. The van der Waals surface area contributed by atoms with Crippen LogP contribution in [-0.2, 0) is 6.54 Å². The monoisotopic (exact) mass is 479 g/mol. The number of aromatic nitrogens is 3. The number of fused-ring (bicyclic) bond motifs is 2. The number of piperidine rings is 1. The molecular weight excluding hydrogens is 454 g/mol. The molecule has 3 heterocycles. The molecule has 6 nitrogen and oxygen atoms in total. The second kappa shape index (κ2) is 8.22. The number of hydrazine groups is 1. The molecule has 3 N–H and O–H groups in total. The average Bonchev–Trinajstić information content (AvgIpc) is 3.10. The maximum atomic E-state index is 12.2. The molecule has 160 valence electrons.